The van der Waals surface area contributed by atoms with Crippen LogP contribution in [0, 0.1) is 0 Å². The summed E-state index contributed by atoms with van der Waals surface area (Å²) in [4.78, 5) is 21.1. The van der Waals surface area contributed by atoms with E-state index in [4.69, 9.17) is 11.6 Å². The molecule has 0 spiro atoms. The second-order valence-corrected chi connectivity index (χ2v) is 5.66. The Morgan fingerprint density at radius 1 is 1.26 bits per heavy atom. The summed E-state index contributed by atoms with van der Waals surface area (Å²) < 4.78 is 1.76. The number of halogens is 1. The quantitative estimate of drug-likeness (QED) is 0.728. The molecule has 0 fully saturated rings. The van der Waals surface area contributed by atoms with Gasteiger partial charge in [0, 0.05) is 29.3 Å². The summed E-state index contributed by atoms with van der Waals surface area (Å²) in [6.45, 7) is 2.73. The Hall–Kier alpha value is -2.40. The highest BCUT2D eigenvalue weighted by molar-refractivity contribution is 6.31. The number of hydrogen-bond donors (Lipinski definition) is 1. The van der Waals surface area contributed by atoms with Gasteiger partial charge in [0.2, 0.25) is 5.95 Å². The third-order valence-electron chi connectivity index (χ3n) is 3.56. The van der Waals surface area contributed by atoms with Gasteiger partial charge in [-0.3, -0.25) is 9.36 Å². The summed E-state index contributed by atoms with van der Waals surface area (Å²) in [5.41, 5.74) is 1.35. The van der Waals surface area contributed by atoms with Gasteiger partial charge >= 0.3 is 0 Å². The molecule has 6 heteroatoms. The Kier molecular flexibility index (Phi) is 4.57. The van der Waals surface area contributed by atoms with E-state index in [1.54, 1.807) is 29.1 Å². The highest BCUT2D eigenvalue weighted by Crippen LogP contribution is 2.25. The van der Waals surface area contributed by atoms with E-state index in [2.05, 4.69) is 22.2 Å². The maximum Gasteiger partial charge on any atom is 0.268 e. The number of benzene rings is 1. The number of amides is 1. The van der Waals surface area contributed by atoms with Crippen molar-refractivity contribution in [2.45, 2.75) is 19.8 Å². The van der Waals surface area contributed by atoms with E-state index < -0.39 is 0 Å². The molecule has 1 amide bonds. The first-order valence-corrected chi connectivity index (χ1v) is 7.95. The van der Waals surface area contributed by atoms with Crippen molar-refractivity contribution in [2.24, 2.45) is 0 Å². The molecule has 2 heterocycles. The number of nitrogens with one attached hydrogen (secondary N) is 1. The zero-order chi connectivity index (χ0) is 16.2. The highest BCUT2D eigenvalue weighted by atomic mass is 35.5. The summed E-state index contributed by atoms with van der Waals surface area (Å²) in [5, 5.41) is 4.44. The van der Waals surface area contributed by atoms with Crippen molar-refractivity contribution in [3.05, 3.63) is 53.4 Å². The van der Waals surface area contributed by atoms with Crippen LogP contribution in [-0.4, -0.2) is 27.0 Å². The second-order valence-electron chi connectivity index (χ2n) is 5.23. The summed E-state index contributed by atoms with van der Waals surface area (Å²) >= 11 is 6.07. The van der Waals surface area contributed by atoms with E-state index in [-0.39, 0.29) is 5.91 Å². The Morgan fingerprint density at radius 2 is 2.04 bits per heavy atom. The van der Waals surface area contributed by atoms with E-state index in [9.17, 15) is 4.79 Å². The average Bonchev–Trinajstić information content (AvgIpc) is 2.94. The van der Waals surface area contributed by atoms with Gasteiger partial charge in [-0.25, -0.2) is 9.97 Å². The fourth-order valence-corrected chi connectivity index (χ4v) is 2.63. The highest BCUT2D eigenvalue weighted by Gasteiger charge is 2.18. The molecule has 3 rings (SSSR count). The zero-order valence-electron chi connectivity index (χ0n) is 12.8. The number of hydrogen-bond acceptors (Lipinski definition) is 3. The molecule has 23 heavy (non-hydrogen) atoms. The molecular weight excluding hydrogens is 312 g/mol. The van der Waals surface area contributed by atoms with Crippen LogP contribution in [0.15, 0.2) is 42.7 Å². The van der Waals surface area contributed by atoms with Crippen LogP contribution in [0.5, 0.6) is 0 Å². The number of aromatic nitrogens is 3. The van der Waals surface area contributed by atoms with E-state index >= 15 is 0 Å². The largest absolute Gasteiger partial charge is 0.351 e. The molecule has 0 aliphatic heterocycles. The minimum atomic E-state index is -0.141. The average molecular weight is 329 g/mol. The fraction of sp³-hybridized carbons (Fsp3) is 0.235. The maximum absolute atomic E-state index is 12.5. The van der Waals surface area contributed by atoms with Crippen LogP contribution in [-0.2, 0) is 0 Å². The van der Waals surface area contributed by atoms with Crippen molar-refractivity contribution in [3.63, 3.8) is 0 Å². The Bertz CT molecular complexity index is 829. The predicted molar refractivity (Wildman–Crippen MR) is 91.1 cm³/mol. The molecule has 0 atom stereocenters. The van der Waals surface area contributed by atoms with Gasteiger partial charge in [0.05, 0.1) is 5.52 Å². The van der Waals surface area contributed by atoms with Gasteiger partial charge in [-0.2, -0.15) is 0 Å². The molecule has 3 aromatic rings. The van der Waals surface area contributed by atoms with Gasteiger partial charge in [0.25, 0.3) is 5.91 Å². The third kappa shape index (κ3) is 3.19. The molecule has 1 aromatic carbocycles. The van der Waals surface area contributed by atoms with Gasteiger partial charge in [-0.1, -0.05) is 24.9 Å². The van der Waals surface area contributed by atoms with Crippen LogP contribution in [0.1, 0.15) is 30.3 Å². The van der Waals surface area contributed by atoms with Crippen molar-refractivity contribution >= 4 is 28.4 Å². The number of fused-ring (bicyclic) bond motifs is 1. The molecule has 0 saturated carbocycles. The first kappa shape index (κ1) is 15.5. The lowest BCUT2D eigenvalue weighted by atomic mass is 10.2. The first-order chi connectivity index (χ1) is 11.2. The Labute approximate surface area is 139 Å². The van der Waals surface area contributed by atoms with Crippen molar-refractivity contribution in [2.75, 3.05) is 6.54 Å². The number of rotatable bonds is 5. The lowest BCUT2D eigenvalue weighted by Crippen LogP contribution is -2.26. The Balaban J connectivity index is 2.10. The van der Waals surface area contributed by atoms with Crippen molar-refractivity contribution in [3.8, 4) is 5.95 Å². The molecule has 2 aromatic heterocycles. The SMILES string of the molecule is CCCCNC(=O)c1cc2cc(Cl)ccc2n1-c1ncccn1. The summed E-state index contributed by atoms with van der Waals surface area (Å²) in [5.74, 6) is 0.323. The third-order valence-corrected chi connectivity index (χ3v) is 3.80. The van der Waals surface area contributed by atoms with Crippen molar-refractivity contribution in [1.82, 2.24) is 19.9 Å². The standard InChI is InChI=1S/C17H17ClN4O/c1-2-3-7-19-16(23)15-11-12-10-13(18)5-6-14(12)22(15)17-20-8-4-9-21-17/h4-6,8-11H,2-3,7H2,1H3,(H,19,23). The number of unbranched alkanes of at least 4 members (excludes halogenated alkanes) is 1. The minimum Gasteiger partial charge on any atom is -0.351 e. The van der Waals surface area contributed by atoms with Crippen LogP contribution >= 0.6 is 11.6 Å². The topological polar surface area (TPSA) is 59.8 Å². The van der Waals surface area contributed by atoms with Gasteiger partial charge in [0.15, 0.2) is 0 Å². The van der Waals surface area contributed by atoms with Gasteiger partial charge < -0.3 is 5.32 Å². The van der Waals surface area contributed by atoms with Crippen LogP contribution in [0.3, 0.4) is 0 Å². The summed E-state index contributed by atoms with van der Waals surface area (Å²) in [6.07, 6.45) is 5.28. The number of carbonyl (C=O) groups excluding carboxylic acids is 1. The maximum atomic E-state index is 12.5. The molecule has 0 bridgehead atoms. The van der Waals surface area contributed by atoms with Gasteiger partial charge in [0.1, 0.15) is 5.69 Å². The first-order valence-electron chi connectivity index (χ1n) is 7.57. The van der Waals surface area contributed by atoms with Crippen LogP contribution in [0.4, 0.5) is 0 Å². The molecule has 1 N–H and O–H groups in total. The van der Waals surface area contributed by atoms with E-state index in [1.807, 2.05) is 18.2 Å². The van der Waals surface area contributed by atoms with E-state index in [1.165, 1.54) is 0 Å². The molecule has 5 nitrogen and oxygen atoms in total. The van der Waals surface area contributed by atoms with Crippen LogP contribution < -0.4 is 5.32 Å². The molecule has 0 radical (unpaired) electrons. The minimum absolute atomic E-state index is 0.141. The Morgan fingerprint density at radius 3 is 2.78 bits per heavy atom. The smallest absolute Gasteiger partial charge is 0.268 e. The monoisotopic (exact) mass is 328 g/mol. The lowest BCUT2D eigenvalue weighted by molar-refractivity contribution is 0.0946. The van der Waals surface area contributed by atoms with Crippen molar-refractivity contribution in [1.29, 1.82) is 0 Å². The lowest BCUT2D eigenvalue weighted by Gasteiger charge is -2.09. The van der Waals surface area contributed by atoms with Gasteiger partial charge in [-0.15, -0.1) is 0 Å². The van der Waals surface area contributed by atoms with Crippen LogP contribution in [0.25, 0.3) is 16.9 Å². The zero-order valence-corrected chi connectivity index (χ0v) is 13.5. The van der Waals surface area contributed by atoms with Crippen molar-refractivity contribution < 1.29 is 4.79 Å². The molecule has 0 saturated heterocycles. The predicted octanol–water partition coefficient (Wildman–Crippen LogP) is 3.60. The molecule has 118 valence electrons. The normalized spacial score (nSPS) is 10.9. The van der Waals surface area contributed by atoms with Gasteiger partial charge in [-0.05, 0) is 36.8 Å². The van der Waals surface area contributed by atoms with Crippen LogP contribution in [0.2, 0.25) is 5.02 Å². The summed E-state index contributed by atoms with van der Waals surface area (Å²) in [7, 11) is 0. The van der Waals surface area contributed by atoms with E-state index in [0.29, 0.717) is 23.2 Å². The molecule has 0 unspecified atom stereocenters. The number of nitrogens with zero attached hydrogens (tertiary/aromatic N) is 3. The molecular formula is C17H17ClN4O. The summed E-state index contributed by atoms with van der Waals surface area (Å²) in [6, 6.07) is 9.06. The second kappa shape index (κ2) is 6.79. The number of carbonyl (C=O) groups is 1. The van der Waals surface area contributed by atoms with E-state index in [0.717, 1.165) is 23.7 Å². The fourth-order valence-electron chi connectivity index (χ4n) is 2.44. The molecule has 0 aliphatic rings. The molecule has 0 aliphatic carbocycles.